The largest absolute Gasteiger partial charge is 0.353 e. The molecule has 2 aliphatic rings. The molecule has 2 atom stereocenters. The van der Waals surface area contributed by atoms with Crippen LogP contribution in [0.3, 0.4) is 0 Å². The van der Waals surface area contributed by atoms with Crippen molar-refractivity contribution < 1.29 is 22.0 Å². The van der Waals surface area contributed by atoms with Gasteiger partial charge in [0.15, 0.2) is 0 Å². The van der Waals surface area contributed by atoms with Gasteiger partial charge in [-0.15, -0.1) is 0 Å². The first-order chi connectivity index (χ1) is 12.8. The first kappa shape index (κ1) is 20.2. The molecule has 0 radical (unpaired) electrons. The van der Waals surface area contributed by atoms with Crippen molar-refractivity contribution in [3.8, 4) is 0 Å². The van der Waals surface area contributed by atoms with Gasteiger partial charge < -0.3 is 5.32 Å². The van der Waals surface area contributed by atoms with Gasteiger partial charge >= 0.3 is 0 Å². The van der Waals surface area contributed by atoms with Gasteiger partial charge in [0.05, 0.1) is 0 Å². The van der Waals surface area contributed by atoms with Crippen LogP contribution in [0.4, 0.5) is 8.78 Å². The van der Waals surface area contributed by atoms with Gasteiger partial charge in [-0.2, -0.15) is 4.31 Å². The molecular formula is C19H26F2N2O3S. The van der Waals surface area contributed by atoms with Crippen LogP contribution in [0.15, 0.2) is 23.1 Å². The van der Waals surface area contributed by atoms with Gasteiger partial charge in [0.2, 0.25) is 15.9 Å². The number of halogens is 2. The van der Waals surface area contributed by atoms with Gasteiger partial charge in [-0.25, -0.2) is 17.2 Å². The summed E-state index contributed by atoms with van der Waals surface area (Å²) in [5, 5.41) is 3.12. The molecule has 1 heterocycles. The van der Waals surface area contributed by atoms with E-state index in [0.29, 0.717) is 24.8 Å². The lowest BCUT2D eigenvalue weighted by Gasteiger charge is -2.34. The summed E-state index contributed by atoms with van der Waals surface area (Å²) in [5.41, 5.74) is 0. The highest BCUT2D eigenvalue weighted by molar-refractivity contribution is 7.89. The minimum atomic E-state index is -4.11. The van der Waals surface area contributed by atoms with E-state index in [1.54, 1.807) is 0 Å². The zero-order valence-electron chi connectivity index (χ0n) is 15.5. The van der Waals surface area contributed by atoms with Gasteiger partial charge in [-0.1, -0.05) is 19.8 Å². The van der Waals surface area contributed by atoms with Crippen molar-refractivity contribution in [1.29, 1.82) is 0 Å². The Morgan fingerprint density at radius 2 is 1.78 bits per heavy atom. The van der Waals surface area contributed by atoms with E-state index in [-0.39, 0.29) is 31.0 Å². The lowest BCUT2D eigenvalue weighted by atomic mass is 9.85. The van der Waals surface area contributed by atoms with E-state index in [2.05, 4.69) is 12.2 Å². The Morgan fingerprint density at radius 1 is 1.11 bits per heavy atom. The van der Waals surface area contributed by atoms with Crippen LogP contribution in [0.1, 0.15) is 45.4 Å². The van der Waals surface area contributed by atoms with Crippen LogP contribution in [-0.2, 0) is 14.8 Å². The van der Waals surface area contributed by atoms with Crippen molar-refractivity contribution >= 4 is 15.9 Å². The third-order valence-corrected chi connectivity index (χ3v) is 7.69. The molecule has 3 rings (SSSR count). The van der Waals surface area contributed by atoms with Crippen LogP contribution in [-0.4, -0.2) is 37.8 Å². The van der Waals surface area contributed by atoms with Crippen LogP contribution in [0.2, 0.25) is 0 Å². The fourth-order valence-electron chi connectivity index (χ4n) is 4.00. The van der Waals surface area contributed by atoms with E-state index in [9.17, 15) is 22.0 Å². The number of sulfonamides is 1. The van der Waals surface area contributed by atoms with E-state index < -0.39 is 26.6 Å². The van der Waals surface area contributed by atoms with Crippen molar-refractivity contribution in [2.45, 2.75) is 56.4 Å². The number of hydrogen-bond donors (Lipinski definition) is 1. The lowest BCUT2D eigenvalue weighted by Crippen LogP contribution is -2.47. The second-order valence-electron chi connectivity index (χ2n) is 7.63. The minimum absolute atomic E-state index is 0.0252. The Hall–Kier alpha value is -1.54. The average Bonchev–Trinajstić information content (AvgIpc) is 2.65. The van der Waals surface area contributed by atoms with Gasteiger partial charge in [0, 0.05) is 25.0 Å². The maximum absolute atomic E-state index is 13.9. The predicted molar refractivity (Wildman–Crippen MR) is 97.4 cm³/mol. The molecule has 1 N–H and O–H groups in total. The van der Waals surface area contributed by atoms with Gasteiger partial charge in [-0.3, -0.25) is 4.79 Å². The number of amides is 1. The maximum Gasteiger partial charge on any atom is 0.246 e. The number of nitrogens with zero attached hydrogens (tertiary/aromatic N) is 1. The molecule has 0 bridgehead atoms. The molecule has 2 fully saturated rings. The Labute approximate surface area is 159 Å². The Morgan fingerprint density at radius 3 is 2.44 bits per heavy atom. The number of rotatable bonds is 4. The summed E-state index contributed by atoms with van der Waals surface area (Å²) >= 11 is 0. The number of carbonyl (C=O) groups excluding carboxylic acids is 1. The van der Waals surface area contributed by atoms with Gasteiger partial charge in [-0.05, 0) is 49.8 Å². The molecule has 1 aliphatic carbocycles. The number of carbonyl (C=O) groups is 1. The molecular weight excluding hydrogens is 374 g/mol. The molecule has 1 aromatic rings. The van der Waals surface area contributed by atoms with E-state index >= 15 is 0 Å². The third-order valence-electron chi connectivity index (χ3n) is 5.77. The van der Waals surface area contributed by atoms with Crippen molar-refractivity contribution in [1.82, 2.24) is 9.62 Å². The summed E-state index contributed by atoms with van der Waals surface area (Å²) in [6, 6.07) is 2.59. The maximum atomic E-state index is 13.9. The number of hydrogen-bond acceptors (Lipinski definition) is 3. The van der Waals surface area contributed by atoms with Gasteiger partial charge in [0.1, 0.15) is 16.5 Å². The molecule has 0 unspecified atom stereocenters. The fraction of sp³-hybridized carbons (Fsp3) is 0.632. The normalized spacial score (nSPS) is 25.3. The predicted octanol–water partition coefficient (Wildman–Crippen LogP) is 3.06. The molecule has 150 valence electrons. The topological polar surface area (TPSA) is 66.5 Å². The molecule has 5 nitrogen and oxygen atoms in total. The van der Waals surface area contributed by atoms with Crippen LogP contribution < -0.4 is 5.32 Å². The summed E-state index contributed by atoms with van der Waals surface area (Å²) in [4.78, 5) is 11.9. The first-order valence-corrected chi connectivity index (χ1v) is 11.0. The molecule has 1 aromatic carbocycles. The molecule has 1 saturated carbocycles. The van der Waals surface area contributed by atoms with Crippen LogP contribution in [0, 0.1) is 23.5 Å². The van der Waals surface area contributed by atoms with Crippen molar-refractivity contribution in [3.63, 3.8) is 0 Å². The summed E-state index contributed by atoms with van der Waals surface area (Å²) in [7, 11) is -4.11. The highest BCUT2D eigenvalue weighted by Gasteiger charge is 2.34. The number of benzene rings is 1. The summed E-state index contributed by atoms with van der Waals surface area (Å²) in [6.07, 6.45) is 5.16. The highest BCUT2D eigenvalue weighted by Crippen LogP contribution is 2.28. The molecule has 1 saturated heterocycles. The second kappa shape index (κ2) is 8.22. The van der Waals surface area contributed by atoms with E-state index in [0.717, 1.165) is 35.7 Å². The number of piperidine rings is 1. The monoisotopic (exact) mass is 400 g/mol. The summed E-state index contributed by atoms with van der Waals surface area (Å²) < 4.78 is 53.6. The Balaban J connectivity index is 1.61. The second-order valence-corrected chi connectivity index (χ2v) is 9.54. The minimum Gasteiger partial charge on any atom is -0.353 e. The Kier molecular flexibility index (Phi) is 6.15. The smallest absolute Gasteiger partial charge is 0.246 e. The fourth-order valence-corrected chi connectivity index (χ4v) is 5.55. The molecule has 1 amide bonds. The first-order valence-electron chi connectivity index (χ1n) is 9.54. The summed E-state index contributed by atoms with van der Waals surface area (Å²) in [5.74, 6) is -1.59. The van der Waals surface area contributed by atoms with Crippen molar-refractivity contribution in [2.75, 3.05) is 13.1 Å². The van der Waals surface area contributed by atoms with E-state index in [1.165, 1.54) is 6.42 Å². The van der Waals surface area contributed by atoms with E-state index in [1.807, 2.05) is 0 Å². The quantitative estimate of drug-likeness (QED) is 0.845. The summed E-state index contributed by atoms with van der Waals surface area (Å²) in [6.45, 7) is 2.39. The van der Waals surface area contributed by atoms with Crippen molar-refractivity contribution in [2.24, 2.45) is 11.8 Å². The van der Waals surface area contributed by atoms with Crippen molar-refractivity contribution in [3.05, 3.63) is 29.8 Å². The highest BCUT2D eigenvalue weighted by atomic mass is 32.2. The zero-order chi connectivity index (χ0) is 19.6. The molecule has 27 heavy (non-hydrogen) atoms. The standard InChI is InChI=1S/C19H26F2N2O3S/c1-13-4-2-3-5-17(13)22-19(24)14-8-10-23(11-9-14)27(25,26)18-12-15(20)6-7-16(18)21/h6-7,12-14,17H,2-5,8-11H2,1H3,(H,22,24)/t13-,17-/m1/s1. The molecule has 0 spiro atoms. The van der Waals surface area contributed by atoms with Crippen LogP contribution in [0.25, 0.3) is 0 Å². The van der Waals surface area contributed by atoms with Crippen LogP contribution >= 0.6 is 0 Å². The molecule has 0 aromatic heterocycles. The molecule has 1 aliphatic heterocycles. The van der Waals surface area contributed by atoms with Gasteiger partial charge in [0.25, 0.3) is 0 Å². The molecule has 8 heteroatoms. The van der Waals surface area contributed by atoms with E-state index in [4.69, 9.17) is 0 Å². The Bertz CT molecular complexity index is 792. The zero-order valence-corrected chi connectivity index (χ0v) is 16.3. The average molecular weight is 400 g/mol. The van der Waals surface area contributed by atoms with Crippen LogP contribution in [0.5, 0.6) is 0 Å². The SMILES string of the molecule is C[C@@H]1CCCC[C@H]1NC(=O)C1CCN(S(=O)(=O)c2cc(F)ccc2F)CC1. The third kappa shape index (κ3) is 4.48. The number of nitrogens with one attached hydrogen (secondary N) is 1. The lowest BCUT2D eigenvalue weighted by molar-refractivity contribution is -0.127.